The van der Waals surface area contributed by atoms with E-state index in [1.54, 1.807) is 57.4 Å². The number of methoxy groups -OCH3 is 1. The van der Waals surface area contributed by atoms with Gasteiger partial charge >= 0.3 is 12.0 Å². The lowest BCUT2D eigenvalue weighted by Gasteiger charge is -2.20. The molecule has 0 radical (unpaired) electrons. The molecule has 31 heavy (non-hydrogen) atoms. The summed E-state index contributed by atoms with van der Waals surface area (Å²) in [7, 11) is 1.58. The molecule has 0 unspecified atom stereocenters. The zero-order valence-electron chi connectivity index (χ0n) is 17.4. The van der Waals surface area contributed by atoms with E-state index in [0.29, 0.717) is 22.3 Å². The van der Waals surface area contributed by atoms with Crippen LogP contribution in [0.5, 0.6) is 5.75 Å². The molecule has 3 rings (SSSR count). The van der Waals surface area contributed by atoms with E-state index in [2.05, 4.69) is 4.98 Å². The Labute approximate surface area is 179 Å². The van der Waals surface area contributed by atoms with Crippen LogP contribution in [0.25, 0.3) is 22.2 Å². The Kier molecular flexibility index (Phi) is 6.49. The Morgan fingerprint density at radius 3 is 2.32 bits per heavy atom. The van der Waals surface area contributed by atoms with Gasteiger partial charge in [0.2, 0.25) is 0 Å². The second-order valence-corrected chi connectivity index (χ2v) is 7.22. The fraction of sp³-hybridized carbons (Fsp3) is 0.217. The number of benzene rings is 2. The molecule has 0 saturated carbocycles. The van der Waals surface area contributed by atoms with Crippen LogP contribution < -0.4 is 15.8 Å². The molecule has 3 aromatic rings. The van der Waals surface area contributed by atoms with Crippen molar-refractivity contribution in [3.05, 3.63) is 60.2 Å². The van der Waals surface area contributed by atoms with Crippen molar-refractivity contribution in [3.8, 4) is 17.0 Å². The number of pyridine rings is 1. The number of amides is 3. The van der Waals surface area contributed by atoms with Gasteiger partial charge in [-0.2, -0.15) is 0 Å². The van der Waals surface area contributed by atoms with E-state index in [1.807, 2.05) is 23.5 Å². The highest BCUT2D eigenvalue weighted by Gasteiger charge is 2.29. The number of nitrogens with one attached hydrogen (secondary N) is 1. The van der Waals surface area contributed by atoms with Crippen LogP contribution in [-0.2, 0) is 9.53 Å². The second kappa shape index (κ2) is 9.25. The van der Waals surface area contributed by atoms with Gasteiger partial charge in [-0.1, -0.05) is 32.0 Å². The van der Waals surface area contributed by atoms with E-state index in [9.17, 15) is 14.4 Å². The van der Waals surface area contributed by atoms with Crippen LogP contribution >= 0.6 is 0 Å². The molecule has 0 aliphatic heterocycles. The zero-order chi connectivity index (χ0) is 22.5. The van der Waals surface area contributed by atoms with Gasteiger partial charge < -0.3 is 15.2 Å². The molecule has 1 atom stereocenters. The highest BCUT2D eigenvalue weighted by Crippen LogP contribution is 2.27. The summed E-state index contributed by atoms with van der Waals surface area (Å²) in [5, 5.41) is 2.55. The molecule has 0 aliphatic carbocycles. The number of hydrogen-bond donors (Lipinski definition) is 2. The molecule has 0 bridgehead atoms. The largest absolute Gasteiger partial charge is 0.497 e. The number of primary amides is 1. The van der Waals surface area contributed by atoms with Crippen molar-refractivity contribution in [1.82, 2.24) is 10.3 Å². The topological polar surface area (TPSA) is 121 Å². The van der Waals surface area contributed by atoms with Crippen molar-refractivity contribution < 1.29 is 23.9 Å². The van der Waals surface area contributed by atoms with Gasteiger partial charge in [0.1, 0.15) is 5.75 Å². The first kappa shape index (κ1) is 21.8. The number of ether oxygens (including phenoxy) is 2. The fourth-order valence-corrected chi connectivity index (χ4v) is 3.12. The third-order valence-electron chi connectivity index (χ3n) is 4.67. The first-order chi connectivity index (χ1) is 14.8. The molecule has 8 heteroatoms. The quantitative estimate of drug-likeness (QED) is 0.589. The molecule has 1 aromatic heterocycles. The lowest BCUT2D eigenvalue weighted by molar-refractivity contribution is -0.130. The minimum atomic E-state index is -1.18. The number of hydrogen-bond acceptors (Lipinski definition) is 6. The van der Waals surface area contributed by atoms with E-state index in [-0.39, 0.29) is 11.5 Å². The van der Waals surface area contributed by atoms with Gasteiger partial charge in [-0.25, -0.2) is 14.6 Å². The molecule has 0 fully saturated rings. The van der Waals surface area contributed by atoms with Crippen LogP contribution in [0.15, 0.2) is 54.6 Å². The molecular formula is C23H23N3O5. The predicted octanol–water partition coefficient (Wildman–Crippen LogP) is 3.29. The normalized spacial score (nSPS) is 11.7. The van der Waals surface area contributed by atoms with Crippen molar-refractivity contribution in [2.24, 2.45) is 11.7 Å². The first-order valence-electron chi connectivity index (χ1n) is 9.65. The smallest absolute Gasteiger partial charge is 0.339 e. The minimum Gasteiger partial charge on any atom is -0.497 e. The molecule has 3 N–H and O–H groups in total. The third-order valence-corrected chi connectivity index (χ3v) is 4.67. The summed E-state index contributed by atoms with van der Waals surface area (Å²) in [5.74, 6) is -1.15. The first-order valence-corrected chi connectivity index (χ1v) is 9.65. The molecule has 2 aromatic carbocycles. The van der Waals surface area contributed by atoms with Crippen molar-refractivity contribution >= 4 is 28.8 Å². The van der Waals surface area contributed by atoms with E-state index in [0.717, 1.165) is 5.56 Å². The Balaban J connectivity index is 2.02. The molecule has 0 saturated heterocycles. The van der Waals surface area contributed by atoms with Gasteiger partial charge in [-0.05, 0) is 42.3 Å². The SMILES string of the molecule is COc1ccc(-c2cc(C(=O)O[C@@H](C(=O)NC(N)=O)C(C)C)c3ccccc3n2)cc1. The van der Waals surface area contributed by atoms with Crippen LogP contribution in [0.1, 0.15) is 24.2 Å². The average molecular weight is 421 g/mol. The van der Waals surface area contributed by atoms with Crippen LogP contribution in [-0.4, -0.2) is 36.1 Å². The van der Waals surface area contributed by atoms with Gasteiger partial charge in [0.05, 0.1) is 23.9 Å². The Hall–Kier alpha value is -3.94. The Morgan fingerprint density at radius 2 is 1.71 bits per heavy atom. The van der Waals surface area contributed by atoms with Crippen LogP contribution in [0.4, 0.5) is 4.79 Å². The Bertz CT molecular complexity index is 1130. The number of fused-ring (bicyclic) bond motifs is 1. The third kappa shape index (κ3) is 4.98. The molecule has 8 nitrogen and oxygen atoms in total. The lowest BCUT2D eigenvalue weighted by atomic mass is 10.0. The van der Waals surface area contributed by atoms with Gasteiger partial charge in [0, 0.05) is 10.9 Å². The van der Waals surface area contributed by atoms with Gasteiger partial charge in [0.25, 0.3) is 5.91 Å². The summed E-state index contributed by atoms with van der Waals surface area (Å²) in [6, 6.07) is 15.0. The standard InChI is InChI=1S/C23H23N3O5/c1-13(2)20(21(27)26-23(24)29)31-22(28)17-12-19(14-8-10-15(30-3)11-9-14)25-18-7-5-4-6-16(17)18/h4-13,20H,1-3H3,(H3,24,26,27,29)/t20-/m1/s1. The van der Waals surface area contributed by atoms with E-state index >= 15 is 0 Å². The van der Waals surface area contributed by atoms with Crippen molar-refractivity contribution in [2.75, 3.05) is 7.11 Å². The van der Waals surface area contributed by atoms with E-state index in [1.165, 1.54) is 0 Å². The number of carbonyl (C=O) groups is 3. The molecule has 0 aliphatic rings. The van der Waals surface area contributed by atoms with Gasteiger partial charge in [-0.15, -0.1) is 0 Å². The van der Waals surface area contributed by atoms with Crippen molar-refractivity contribution in [2.45, 2.75) is 20.0 Å². The number of esters is 1. The number of aromatic nitrogens is 1. The van der Waals surface area contributed by atoms with Crippen molar-refractivity contribution in [3.63, 3.8) is 0 Å². The Morgan fingerprint density at radius 1 is 1.03 bits per heavy atom. The number of carbonyl (C=O) groups excluding carboxylic acids is 3. The maximum atomic E-state index is 13.1. The number of para-hydroxylation sites is 1. The number of rotatable bonds is 6. The molecule has 3 amide bonds. The molecule has 1 heterocycles. The summed E-state index contributed by atoms with van der Waals surface area (Å²) in [4.78, 5) is 41.0. The van der Waals surface area contributed by atoms with Crippen LogP contribution in [0.3, 0.4) is 0 Å². The number of nitrogens with zero attached hydrogens (tertiary/aromatic N) is 1. The minimum absolute atomic E-state index is 0.258. The highest BCUT2D eigenvalue weighted by atomic mass is 16.5. The number of nitrogens with two attached hydrogens (primary N) is 1. The summed E-state index contributed by atoms with van der Waals surface area (Å²) < 4.78 is 10.7. The van der Waals surface area contributed by atoms with Crippen LogP contribution in [0, 0.1) is 5.92 Å². The fourth-order valence-electron chi connectivity index (χ4n) is 3.12. The summed E-state index contributed by atoms with van der Waals surface area (Å²) in [6.07, 6.45) is -1.18. The van der Waals surface area contributed by atoms with E-state index in [4.69, 9.17) is 15.2 Å². The second-order valence-electron chi connectivity index (χ2n) is 7.22. The van der Waals surface area contributed by atoms with Crippen molar-refractivity contribution in [1.29, 1.82) is 0 Å². The molecule has 160 valence electrons. The summed E-state index contributed by atoms with van der Waals surface area (Å²) >= 11 is 0. The van der Waals surface area contributed by atoms with Crippen LogP contribution in [0.2, 0.25) is 0 Å². The maximum absolute atomic E-state index is 13.1. The van der Waals surface area contributed by atoms with E-state index < -0.39 is 24.0 Å². The van der Waals surface area contributed by atoms with Gasteiger partial charge in [0.15, 0.2) is 6.10 Å². The number of imide groups is 1. The predicted molar refractivity (Wildman–Crippen MR) is 115 cm³/mol. The lowest BCUT2D eigenvalue weighted by Crippen LogP contribution is -2.45. The average Bonchev–Trinajstić information content (AvgIpc) is 2.75. The summed E-state index contributed by atoms with van der Waals surface area (Å²) in [6.45, 7) is 3.40. The summed E-state index contributed by atoms with van der Waals surface area (Å²) in [5.41, 5.74) is 7.23. The molecule has 0 spiro atoms. The highest BCUT2D eigenvalue weighted by molar-refractivity contribution is 6.06. The monoisotopic (exact) mass is 421 g/mol. The maximum Gasteiger partial charge on any atom is 0.339 e. The van der Waals surface area contributed by atoms with Gasteiger partial charge in [-0.3, -0.25) is 10.1 Å². The zero-order valence-corrected chi connectivity index (χ0v) is 17.4. The number of urea groups is 1. The molecular weight excluding hydrogens is 398 g/mol.